The zero-order valence-corrected chi connectivity index (χ0v) is 11.4. The molecule has 6 nitrogen and oxygen atoms in total. The molecule has 0 fully saturated rings. The van der Waals surface area contributed by atoms with Crippen LogP contribution in [0.3, 0.4) is 0 Å². The summed E-state index contributed by atoms with van der Waals surface area (Å²) < 4.78 is 1.12. The number of aryl methyl sites for hydroxylation is 1. The van der Waals surface area contributed by atoms with Gasteiger partial charge in [0, 0.05) is 7.05 Å². The number of nitrogens with zero attached hydrogens (tertiary/aromatic N) is 2. The number of carbonyl (C=O) groups excluding carboxylic acids is 1. The number of primary amides is 1. The van der Waals surface area contributed by atoms with Crippen LogP contribution in [0, 0.1) is 5.92 Å². The predicted octanol–water partition coefficient (Wildman–Crippen LogP) is 0.746. The van der Waals surface area contributed by atoms with Crippen molar-refractivity contribution in [2.75, 3.05) is 5.32 Å². The van der Waals surface area contributed by atoms with Crippen LogP contribution in [0.4, 0.5) is 5.69 Å². The first kappa shape index (κ1) is 14.5. The smallest absolute Gasteiger partial charge is 0.287 e. The standard InChI is InChI=1S/C11H17ClN4O2/c1-4-6(2)9(10(13)17)15-7-5-14-16(3)11(18)8(7)12/h5-6,9,15H,4H2,1-3H3,(H2,13,17). The fraction of sp³-hybridized carbons (Fsp3) is 0.545. The van der Waals surface area contributed by atoms with E-state index in [9.17, 15) is 9.59 Å². The Morgan fingerprint density at radius 3 is 2.78 bits per heavy atom. The largest absolute Gasteiger partial charge is 0.371 e. The number of amides is 1. The van der Waals surface area contributed by atoms with E-state index in [-0.39, 0.29) is 10.9 Å². The number of anilines is 1. The minimum absolute atomic E-state index is 0.00190. The van der Waals surface area contributed by atoms with E-state index in [0.29, 0.717) is 5.69 Å². The molecule has 1 aromatic heterocycles. The number of halogens is 1. The van der Waals surface area contributed by atoms with Crippen LogP contribution in [0.15, 0.2) is 11.0 Å². The van der Waals surface area contributed by atoms with Gasteiger partial charge in [-0.25, -0.2) is 4.68 Å². The Morgan fingerprint density at radius 1 is 1.67 bits per heavy atom. The van der Waals surface area contributed by atoms with Gasteiger partial charge < -0.3 is 11.1 Å². The summed E-state index contributed by atoms with van der Waals surface area (Å²) in [6.07, 6.45) is 2.18. The summed E-state index contributed by atoms with van der Waals surface area (Å²) in [7, 11) is 1.50. The van der Waals surface area contributed by atoms with Crippen molar-refractivity contribution < 1.29 is 4.79 Å². The first-order valence-electron chi connectivity index (χ1n) is 5.66. The average molecular weight is 273 g/mol. The van der Waals surface area contributed by atoms with Crippen LogP contribution in [0.5, 0.6) is 0 Å². The number of hydrogen-bond acceptors (Lipinski definition) is 4. The van der Waals surface area contributed by atoms with Gasteiger partial charge in [0.2, 0.25) is 5.91 Å². The van der Waals surface area contributed by atoms with Crippen molar-refractivity contribution in [2.24, 2.45) is 18.7 Å². The highest BCUT2D eigenvalue weighted by Crippen LogP contribution is 2.19. The highest BCUT2D eigenvalue weighted by Gasteiger charge is 2.23. The number of carbonyl (C=O) groups is 1. The Bertz CT molecular complexity index is 500. The number of nitrogens with one attached hydrogen (secondary N) is 1. The fourth-order valence-electron chi connectivity index (χ4n) is 1.51. The molecular formula is C11H17ClN4O2. The molecule has 1 rings (SSSR count). The van der Waals surface area contributed by atoms with E-state index in [1.54, 1.807) is 0 Å². The molecular weight excluding hydrogens is 256 g/mol. The van der Waals surface area contributed by atoms with Crippen LogP contribution in [-0.4, -0.2) is 21.7 Å². The van der Waals surface area contributed by atoms with Crippen LogP contribution in [0.2, 0.25) is 5.02 Å². The van der Waals surface area contributed by atoms with E-state index < -0.39 is 17.5 Å². The molecule has 0 radical (unpaired) electrons. The molecule has 2 unspecified atom stereocenters. The quantitative estimate of drug-likeness (QED) is 0.827. The average Bonchev–Trinajstić information content (AvgIpc) is 2.34. The molecule has 0 aliphatic heterocycles. The fourth-order valence-corrected chi connectivity index (χ4v) is 1.73. The topological polar surface area (TPSA) is 90.0 Å². The van der Waals surface area contributed by atoms with Crippen LogP contribution in [0.1, 0.15) is 20.3 Å². The third-order valence-corrected chi connectivity index (χ3v) is 3.27. The number of aromatic nitrogens is 2. The molecule has 1 heterocycles. The third-order valence-electron chi connectivity index (χ3n) is 2.91. The molecule has 0 aromatic carbocycles. The van der Waals surface area contributed by atoms with Gasteiger partial charge in [0.25, 0.3) is 5.56 Å². The summed E-state index contributed by atoms with van der Waals surface area (Å²) >= 11 is 5.91. The summed E-state index contributed by atoms with van der Waals surface area (Å²) in [5, 5.41) is 6.73. The second-order valence-corrected chi connectivity index (χ2v) is 4.59. The predicted molar refractivity (Wildman–Crippen MR) is 70.5 cm³/mol. The zero-order valence-electron chi connectivity index (χ0n) is 10.6. The molecule has 0 saturated heterocycles. The van der Waals surface area contributed by atoms with Gasteiger partial charge in [-0.1, -0.05) is 31.9 Å². The van der Waals surface area contributed by atoms with E-state index in [1.807, 2.05) is 13.8 Å². The lowest BCUT2D eigenvalue weighted by Crippen LogP contribution is -2.41. The lowest BCUT2D eigenvalue weighted by atomic mass is 9.98. The van der Waals surface area contributed by atoms with Crippen molar-refractivity contribution in [3.05, 3.63) is 21.6 Å². The van der Waals surface area contributed by atoms with E-state index in [0.717, 1.165) is 11.1 Å². The first-order valence-corrected chi connectivity index (χ1v) is 6.03. The highest BCUT2D eigenvalue weighted by molar-refractivity contribution is 6.33. The van der Waals surface area contributed by atoms with E-state index in [4.69, 9.17) is 17.3 Å². The highest BCUT2D eigenvalue weighted by atomic mass is 35.5. The van der Waals surface area contributed by atoms with E-state index in [2.05, 4.69) is 10.4 Å². The molecule has 0 spiro atoms. The summed E-state index contributed by atoms with van der Waals surface area (Å²) in [6, 6.07) is -0.582. The third kappa shape index (κ3) is 3.01. The number of nitrogens with two attached hydrogens (primary N) is 1. The molecule has 100 valence electrons. The molecule has 2 atom stereocenters. The zero-order chi connectivity index (χ0) is 13.9. The lowest BCUT2D eigenvalue weighted by molar-refractivity contribution is -0.119. The lowest BCUT2D eigenvalue weighted by Gasteiger charge is -2.22. The molecule has 1 amide bonds. The second-order valence-electron chi connectivity index (χ2n) is 4.21. The van der Waals surface area contributed by atoms with Crippen LogP contribution in [-0.2, 0) is 11.8 Å². The van der Waals surface area contributed by atoms with Crippen molar-refractivity contribution >= 4 is 23.2 Å². The van der Waals surface area contributed by atoms with Crippen molar-refractivity contribution in [1.82, 2.24) is 9.78 Å². The maximum absolute atomic E-state index is 11.6. The Morgan fingerprint density at radius 2 is 2.28 bits per heavy atom. The van der Waals surface area contributed by atoms with Gasteiger partial charge in [-0.05, 0) is 5.92 Å². The monoisotopic (exact) mass is 272 g/mol. The Labute approximate surface area is 110 Å². The van der Waals surface area contributed by atoms with Crippen molar-refractivity contribution in [1.29, 1.82) is 0 Å². The van der Waals surface area contributed by atoms with Crippen molar-refractivity contribution in [2.45, 2.75) is 26.3 Å². The molecule has 0 aliphatic rings. The van der Waals surface area contributed by atoms with Gasteiger partial charge in [0.05, 0.1) is 11.9 Å². The van der Waals surface area contributed by atoms with Gasteiger partial charge in [-0.3, -0.25) is 9.59 Å². The number of hydrogen-bond donors (Lipinski definition) is 2. The van der Waals surface area contributed by atoms with Gasteiger partial charge in [-0.2, -0.15) is 5.10 Å². The molecule has 0 bridgehead atoms. The molecule has 0 aliphatic carbocycles. The molecule has 3 N–H and O–H groups in total. The SMILES string of the molecule is CCC(C)C(Nc1cnn(C)c(=O)c1Cl)C(N)=O. The maximum Gasteiger partial charge on any atom is 0.287 e. The Hall–Kier alpha value is -1.56. The van der Waals surface area contributed by atoms with Gasteiger partial charge in [0.15, 0.2) is 0 Å². The van der Waals surface area contributed by atoms with Crippen LogP contribution in [0.25, 0.3) is 0 Å². The van der Waals surface area contributed by atoms with Gasteiger partial charge >= 0.3 is 0 Å². The minimum Gasteiger partial charge on any atom is -0.371 e. The van der Waals surface area contributed by atoms with E-state index >= 15 is 0 Å². The molecule has 1 aromatic rings. The summed E-state index contributed by atoms with van der Waals surface area (Å²) in [5.41, 5.74) is 5.23. The summed E-state index contributed by atoms with van der Waals surface area (Å²) in [6.45, 7) is 3.84. The maximum atomic E-state index is 11.6. The van der Waals surface area contributed by atoms with E-state index in [1.165, 1.54) is 13.2 Å². The second kappa shape index (κ2) is 5.86. The minimum atomic E-state index is -0.582. The van der Waals surface area contributed by atoms with Gasteiger partial charge in [-0.15, -0.1) is 0 Å². The van der Waals surface area contributed by atoms with Crippen LogP contribution < -0.4 is 16.6 Å². The summed E-state index contributed by atoms with van der Waals surface area (Å²) in [4.78, 5) is 23.0. The Balaban J connectivity index is 3.05. The van der Waals surface area contributed by atoms with Gasteiger partial charge in [0.1, 0.15) is 11.1 Å². The molecule has 0 saturated carbocycles. The van der Waals surface area contributed by atoms with Crippen molar-refractivity contribution in [3.8, 4) is 0 Å². The van der Waals surface area contributed by atoms with Crippen LogP contribution >= 0.6 is 11.6 Å². The normalized spacial score (nSPS) is 14.0. The molecule has 7 heteroatoms. The Kier molecular flexibility index (Phi) is 4.72. The summed E-state index contributed by atoms with van der Waals surface area (Å²) in [5.74, 6) is -0.455. The first-order chi connectivity index (χ1) is 8.38. The molecule has 18 heavy (non-hydrogen) atoms. The van der Waals surface area contributed by atoms with Crippen molar-refractivity contribution in [3.63, 3.8) is 0 Å². The number of rotatable bonds is 5.